The molecule has 0 spiro atoms. The molecule has 0 radical (unpaired) electrons. The minimum absolute atomic E-state index is 0.319. The topological polar surface area (TPSA) is 79.9 Å². The number of aromatic nitrogens is 3. The van der Waals surface area contributed by atoms with Gasteiger partial charge in [-0.15, -0.1) is 11.3 Å². The summed E-state index contributed by atoms with van der Waals surface area (Å²) in [6.45, 7) is 6.22. The Balaban J connectivity index is 1.58. The molecule has 3 aromatic heterocycles. The number of ether oxygens (including phenoxy) is 1. The summed E-state index contributed by atoms with van der Waals surface area (Å²) >= 11 is 1.33. The predicted molar refractivity (Wildman–Crippen MR) is 127 cm³/mol. The van der Waals surface area contributed by atoms with Crippen molar-refractivity contribution in [3.05, 3.63) is 58.7 Å². The minimum atomic E-state index is -0.319. The maximum absolute atomic E-state index is 12.3. The lowest BCUT2D eigenvalue weighted by atomic mass is 10.1. The molecule has 0 amide bonds. The van der Waals surface area contributed by atoms with E-state index in [0.717, 1.165) is 33.4 Å². The number of fused-ring (bicyclic) bond motifs is 4. The summed E-state index contributed by atoms with van der Waals surface area (Å²) in [6.07, 6.45) is 2.50. The zero-order valence-electron chi connectivity index (χ0n) is 17.6. The Hall–Kier alpha value is -3.45. The number of nitrogens with one attached hydrogen (secondary N) is 2. The van der Waals surface area contributed by atoms with Gasteiger partial charge >= 0.3 is 5.97 Å². The van der Waals surface area contributed by atoms with Crippen molar-refractivity contribution >= 4 is 60.8 Å². The highest BCUT2D eigenvalue weighted by Crippen LogP contribution is 2.36. The number of benzene rings is 2. The molecule has 0 fully saturated rings. The summed E-state index contributed by atoms with van der Waals surface area (Å²) in [5.74, 6) is 0.360. The van der Waals surface area contributed by atoms with E-state index in [4.69, 9.17) is 4.74 Å². The Kier molecular flexibility index (Phi) is 4.82. The molecule has 5 rings (SSSR count). The maximum Gasteiger partial charge on any atom is 0.348 e. The van der Waals surface area contributed by atoms with E-state index in [1.165, 1.54) is 39.5 Å². The highest BCUT2D eigenvalue weighted by Gasteiger charge is 2.20. The number of aromatic amines is 1. The van der Waals surface area contributed by atoms with Gasteiger partial charge in [0.25, 0.3) is 0 Å². The fraction of sp³-hybridized carbons (Fsp3) is 0.208. The average Bonchev–Trinajstić information content (AvgIpc) is 3.32. The molecule has 0 aliphatic heterocycles. The summed E-state index contributed by atoms with van der Waals surface area (Å²) in [5.41, 5.74) is 5.32. The van der Waals surface area contributed by atoms with Gasteiger partial charge in [-0.1, -0.05) is 31.2 Å². The van der Waals surface area contributed by atoms with Crippen LogP contribution in [0.5, 0.6) is 0 Å². The monoisotopic (exact) mass is 430 g/mol. The molecule has 0 bridgehead atoms. The number of nitrogens with zero attached hydrogens (tertiary/aromatic N) is 2. The van der Waals surface area contributed by atoms with E-state index in [9.17, 15) is 4.79 Å². The molecule has 7 heteroatoms. The predicted octanol–water partition coefficient (Wildman–Crippen LogP) is 6.12. The van der Waals surface area contributed by atoms with Gasteiger partial charge in [-0.25, -0.2) is 14.8 Å². The van der Waals surface area contributed by atoms with Crippen LogP contribution in [-0.4, -0.2) is 27.5 Å². The Morgan fingerprint density at radius 3 is 2.84 bits per heavy atom. The van der Waals surface area contributed by atoms with Gasteiger partial charge in [0, 0.05) is 27.5 Å². The van der Waals surface area contributed by atoms with Gasteiger partial charge in [0.05, 0.1) is 12.0 Å². The third kappa shape index (κ3) is 3.21. The van der Waals surface area contributed by atoms with Crippen molar-refractivity contribution in [1.82, 2.24) is 15.0 Å². The summed E-state index contributed by atoms with van der Waals surface area (Å²) in [4.78, 5) is 26.0. The van der Waals surface area contributed by atoms with Crippen molar-refractivity contribution in [2.75, 3.05) is 11.9 Å². The van der Waals surface area contributed by atoms with E-state index in [2.05, 4.69) is 63.6 Å². The van der Waals surface area contributed by atoms with E-state index >= 15 is 0 Å². The first-order valence-corrected chi connectivity index (χ1v) is 11.1. The van der Waals surface area contributed by atoms with E-state index in [0.29, 0.717) is 17.3 Å². The largest absolute Gasteiger partial charge is 0.462 e. The van der Waals surface area contributed by atoms with Gasteiger partial charge in [0.1, 0.15) is 21.9 Å². The SMILES string of the molecule is CCOC(=O)c1sc2ncnc(Nc3ccc4c(c3)[nH]c3c(CC)cccc34)c2c1C. The normalized spacial score (nSPS) is 11.5. The lowest BCUT2D eigenvalue weighted by Crippen LogP contribution is -2.03. The molecule has 2 N–H and O–H groups in total. The van der Waals surface area contributed by atoms with E-state index in [1.807, 2.05) is 6.92 Å². The molecule has 0 aliphatic rings. The van der Waals surface area contributed by atoms with Crippen molar-refractivity contribution in [1.29, 1.82) is 0 Å². The van der Waals surface area contributed by atoms with Crippen molar-refractivity contribution in [3.8, 4) is 0 Å². The minimum Gasteiger partial charge on any atom is -0.462 e. The Morgan fingerprint density at radius 1 is 1.16 bits per heavy atom. The van der Waals surface area contributed by atoms with Crippen LogP contribution in [0.2, 0.25) is 0 Å². The summed E-state index contributed by atoms with van der Waals surface area (Å²) in [6, 6.07) is 12.7. The number of H-pyrrole nitrogens is 1. The third-order valence-corrected chi connectivity index (χ3v) is 6.73. The summed E-state index contributed by atoms with van der Waals surface area (Å²) in [7, 11) is 0. The zero-order valence-corrected chi connectivity index (χ0v) is 18.4. The van der Waals surface area contributed by atoms with Crippen LogP contribution in [0.4, 0.5) is 11.5 Å². The number of para-hydroxylation sites is 1. The molecule has 6 nitrogen and oxygen atoms in total. The van der Waals surface area contributed by atoms with Crippen LogP contribution in [0.1, 0.15) is 34.6 Å². The fourth-order valence-corrected chi connectivity index (χ4v) is 5.10. The lowest BCUT2D eigenvalue weighted by molar-refractivity contribution is 0.0531. The first kappa shape index (κ1) is 19.5. The number of hydrogen-bond acceptors (Lipinski definition) is 6. The molecule has 31 heavy (non-hydrogen) atoms. The molecule has 0 saturated carbocycles. The van der Waals surface area contributed by atoms with Gasteiger partial charge in [-0.3, -0.25) is 0 Å². The Bertz CT molecular complexity index is 1450. The van der Waals surface area contributed by atoms with Crippen LogP contribution in [0.25, 0.3) is 32.0 Å². The molecular formula is C24H22N4O2S. The second-order valence-electron chi connectivity index (χ2n) is 7.38. The number of hydrogen-bond donors (Lipinski definition) is 2. The van der Waals surface area contributed by atoms with E-state index < -0.39 is 0 Å². The van der Waals surface area contributed by atoms with Crippen molar-refractivity contribution < 1.29 is 9.53 Å². The van der Waals surface area contributed by atoms with E-state index in [1.54, 1.807) is 6.92 Å². The van der Waals surface area contributed by atoms with E-state index in [-0.39, 0.29) is 5.97 Å². The second-order valence-corrected chi connectivity index (χ2v) is 8.38. The number of carbonyl (C=O) groups is 1. The molecule has 0 aliphatic carbocycles. The molecular weight excluding hydrogens is 408 g/mol. The van der Waals surface area contributed by atoms with Crippen LogP contribution in [-0.2, 0) is 11.2 Å². The number of aryl methyl sites for hydroxylation is 2. The quantitative estimate of drug-likeness (QED) is 0.329. The van der Waals surface area contributed by atoms with Crippen LogP contribution < -0.4 is 5.32 Å². The molecule has 2 aromatic carbocycles. The third-order valence-electron chi connectivity index (χ3n) is 5.55. The molecule has 0 atom stereocenters. The Morgan fingerprint density at radius 2 is 2.03 bits per heavy atom. The van der Waals surface area contributed by atoms with Crippen LogP contribution in [0.3, 0.4) is 0 Å². The molecule has 156 valence electrons. The van der Waals surface area contributed by atoms with Crippen LogP contribution in [0.15, 0.2) is 42.7 Å². The fourth-order valence-electron chi connectivity index (χ4n) is 4.06. The van der Waals surface area contributed by atoms with Gasteiger partial charge in [0.2, 0.25) is 0 Å². The standard InChI is InChI=1S/C24H22N4O2S/c1-4-14-7-6-8-17-16-10-9-15(11-18(16)28-20(14)17)27-22-19-13(3)21(24(29)30-5-2)31-23(19)26-12-25-22/h6-12,28H,4-5H2,1-3H3,(H,25,26,27). The van der Waals surface area contributed by atoms with Crippen molar-refractivity contribution in [2.24, 2.45) is 0 Å². The maximum atomic E-state index is 12.3. The highest BCUT2D eigenvalue weighted by atomic mass is 32.1. The van der Waals surface area contributed by atoms with Crippen LogP contribution >= 0.6 is 11.3 Å². The number of rotatable bonds is 5. The lowest BCUT2D eigenvalue weighted by Gasteiger charge is -2.07. The van der Waals surface area contributed by atoms with Gasteiger partial charge in [-0.2, -0.15) is 0 Å². The Labute approximate surface area is 183 Å². The molecule has 0 saturated heterocycles. The first-order valence-electron chi connectivity index (χ1n) is 10.3. The second kappa shape index (κ2) is 7.67. The molecule has 3 heterocycles. The highest BCUT2D eigenvalue weighted by molar-refractivity contribution is 7.20. The van der Waals surface area contributed by atoms with Gasteiger partial charge in [0.15, 0.2) is 0 Å². The van der Waals surface area contributed by atoms with Crippen LogP contribution in [0, 0.1) is 6.92 Å². The molecule has 0 unspecified atom stereocenters. The van der Waals surface area contributed by atoms with Gasteiger partial charge in [-0.05, 0) is 43.5 Å². The number of esters is 1. The number of carbonyl (C=O) groups excluding carboxylic acids is 1. The summed E-state index contributed by atoms with van der Waals surface area (Å²) < 4.78 is 5.19. The van der Waals surface area contributed by atoms with Crippen molar-refractivity contribution in [3.63, 3.8) is 0 Å². The number of anilines is 2. The molecule has 5 aromatic rings. The van der Waals surface area contributed by atoms with Gasteiger partial charge < -0.3 is 15.0 Å². The average molecular weight is 431 g/mol. The first-order chi connectivity index (χ1) is 15.1. The van der Waals surface area contributed by atoms with Crippen molar-refractivity contribution in [2.45, 2.75) is 27.2 Å². The summed E-state index contributed by atoms with van der Waals surface area (Å²) in [5, 5.41) is 6.70. The smallest absolute Gasteiger partial charge is 0.348 e. The zero-order chi connectivity index (χ0) is 21.5. The number of thiophene rings is 1.